The van der Waals surface area contributed by atoms with Crippen LogP contribution in [0.5, 0.6) is 0 Å². The van der Waals surface area contributed by atoms with Crippen LogP contribution in [0, 0.1) is 6.92 Å². The standard InChI is InChI=1S/C23H26N2O3/c1-17-7-9-18(10-8-17)15-19-5-2-3-6-20(19)21(26)25-13-4-11-23(12-14-25)16-24-22(27)28-23/h2-3,5-10H,4,11-16H2,1H3,(H,24,27). The van der Waals surface area contributed by atoms with Crippen LogP contribution in [0.4, 0.5) is 4.79 Å². The van der Waals surface area contributed by atoms with Crippen LogP contribution < -0.4 is 5.32 Å². The smallest absolute Gasteiger partial charge is 0.407 e. The minimum Gasteiger partial charge on any atom is -0.441 e. The van der Waals surface area contributed by atoms with Crippen LogP contribution in [0.3, 0.4) is 0 Å². The first-order chi connectivity index (χ1) is 13.5. The summed E-state index contributed by atoms with van der Waals surface area (Å²) in [5, 5.41) is 2.76. The summed E-state index contributed by atoms with van der Waals surface area (Å²) in [6.07, 6.45) is 2.70. The number of carbonyl (C=O) groups is 2. The fourth-order valence-corrected chi connectivity index (χ4v) is 4.13. The Hall–Kier alpha value is -2.82. The molecule has 2 aliphatic heterocycles. The lowest BCUT2D eigenvalue weighted by Gasteiger charge is -2.25. The van der Waals surface area contributed by atoms with Gasteiger partial charge in [-0.25, -0.2) is 4.79 Å². The lowest BCUT2D eigenvalue weighted by molar-refractivity contribution is 0.0438. The highest BCUT2D eigenvalue weighted by Gasteiger charge is 2.42. The molecular formula is C23H26N2O3. The molecule has 0 saturated carbocycles. The second-order valence-corrected chi connectivity index (χ2v) is 7.89. The van der Waals surface area contributed by atoms with Gasteiger partial charge in [0.2, 0.25) is 0 Å². The van der Waals surface area contributed by atoms with Gasteiger partial charge in [-0.2, -0.15) is 0 Å². The van der Waals surface area contributed by atoms with Gasteiger partial charge < -0.3 is 15.0 Å². The topological polar surface area (TPSA) is 58.6 Å². The normalized spacial score (nSPS) is 21.9. The Bertz CT molecular complexity index is 878. The molecule has 4 rings (SSSR count). The van der Waals surface area contributed by atoms with E-state index in [2.05, 4.69) is 36.5 Å². The monoisotopic (exact) mass is 378 g/mol. The van der Waals surface area contributed by atoms with Gasteiger partial charge in [-0.1, -0.05) is 48.0 Å². The van der Waals surface area contributed by atoms with Gasteiger partial charge in [0.15, 0.2) is 0 Å². The predicted octanol–water partition coefficient (Wildman–Crippen LogP) is 3.69. The van der Waals surface area contributed by atoms with E-state index in [0.717, 1.165) is 30.4 Å². The number of hydrogen-bond donors (Lipinski definition) is 1. The summed E-state index contributed by atoms with van der Waals surface area (Å²) >= 11 is 0. The van der Waals surface area contributed by atoms with Crippen molar-refractivity contribution in [1.29, 1.82) is 0 Å². The molecule has 0 aliphatic carbocycles. The molecule has 5 heteroatoms. The molecule has 0 radical (unpaired) electrons. The van der Waals surface area contributed by atoms with Crippen molar-refractivity contribution >= 4 is 12.0 Å². The van der Waals surface area contributed by atoms with E-state index in [9.17, 15) is 9.59 Å². The Kier molecular flexibility index (Phi) is 5.07. The second kappa shape index (κ2) is 7.66. The van der Waals surface area contributed by atoms with Crippen molar-refractivity contribution < 1.29 is 14.3 Å². The summed E-state index contributed by atoms with van der Waals surface area (Å²) < 4.78 is 5.53. The molecular weight excluding hydrogens is 352 g/mol. The first kappa shape index (κ1) is 18.5. The van der Waals surface area contributed by atoms with Crippen LogP contribution in [-0.4, -0.2) is 42.1 Å². The van der Waals surface area contributed by atoms with E-state index in [0.29, 0.717) is 26.1 Å². The number of hydrogen-bond acceptors (Lipinski definition) is 3. The van der Waals surface area contributed by atoms with E-state index >= 15 is 0 Å². The quantitative estimate of drug-likeness (QED) is 0.886. The molecule has 0 bridgehead atoms. The first-order valence-corrected chi connectivity index (χ1v) is 9.94. The summed E-state index contributed by atoms with van der Waals surface area (Å²) in [6, 6.07) is 16.3. The Morgan fingerprint density at radius 2 is 1.89 bits per heavy atom. The Balaban J connectivity index is 1.50. The van der Waals surface area contributed by atoms with Crippen molar-refractivity contribution in [3.05, 3.63) is 70.8 Å². The molecule has 1 unspecified atom stereocenters. The third-order valence-corrected chi connectivity index (χ3v) is 5.81. The lowest BCUT2D eigenvalue weighted by Crippen LogP contribution is -2.36. The summed E-state index contributed by atoms with van der Waals surface area (Å²) in [5.74, 6) is 0.0667. The van der Waals surface area contributed by atoms with E-state index in [-0.39, 0.29) is 12.0 Å². The summed E-state index contributed by atoms with van der Waals surface area (Å²) in [7, 11) is 0. The van der Waals surface area contributed by atoms with Gasteiger partial charge in [0.1, 0.15) is 5.60 Å². The molecule has 2 aromatic rings. The zero-order chi connectivity index (χ0) is 19.6. The number of carbonyl (C=O) groups excluding carboxylic acids is 2. The minimum atomic E-state index is -0.451. The summed E-state index contributed by atoms with van der Waals surface area (Å²) in [6.45, 7) is 3.91. The molecule has 1 atom stereocenters. The zero-order valence-corrected chi connectivity index (χ0v) is 16.2. The van der Waals surface area contributed by atoms with Crippen molar-refractivity contribution in [2.24, 2.45) is 0 Å². The SMILES string of the molecule is Cc1ccc(Cc2ccccc2C(=O)N2CCCC3(CC2)CNC(=O)O3)cc1. The summed E-state index contributed by atoms with van der Waals surface area (Å²) in [4.78, 5) is 26.7. The van der Waals surface area contributed by atoms with E-state index in [4.69, 9.17) is 4.74 Å². The van der Waals surface area contributed by atoms with Crippen LogP contribution in [0.1, 0.15) is 46.3 Å². The van der Waals surface area contributed by atoms with E-state index in [1.165, 1.54) is 11.1 Å². The molecule has 146 valence electrons. The lowest BCUT2D eigenvalue weighted by atomic mass is 9.95. The molecule has 1 spiro atoms. The molecule has 2 aromatic carbocycles. The number of ether oxygens (including phenoxy) is 1. The van der Waals surface area contributed by atoms with Gasteiger partial charge in [0.05, 0.1) is 6.54 Å². The van der Waals surface area contributed by atoms with Crippen molar-refractivity contribution in [1.82, 2.24) is 10.2 Å². The Morgan fingerprint density at radius 3 is 2.64 bits per heavy atom. The first-order valence-electron chi connectivity index (χ1n) is 9.94. The third kappa shape index (κ3) is 3.88. The number of rotatable bonds is 3. The van der Waals surface area contributed by atoms with E-state index < -0.39 is 5.60 Å². The number of amides is 2. The van der Waals surface area contributed by atoms with Crippen LogP contribution in [0.15, 0.2) is 48.5 Å². The summed E-state index contributed by atoms with van der Waals surface area (Å²) in [5.41, 5.74) is 3.79. The minimum absolute atomic E-state index is 0.0667. The van der Waals surface area contributed by atoms with Crippen molar-refractivity contribution in [3.8, 4) is 0 Å². The van der Waals surface area contributed by atoms with Gasteiger partial charge in [0, 0.05) is 25.1 Å². The zero-order valence-electron chi connectivity index (χ0n) is 16.2. The fraction of sp³-hybridized carbons (Fsp3) is 0.391. The van der Waals surface area contributed by atoms with Gasteiger partial charge in [-0.05, 0) is 43.4 Å². The molecule has 2 fully saturated rings. The highest BCUT2D eigenvalue weighted by Crippen LogP contribution is 2.30. The van der Waals surface area contributed by atoms with Gasteiger partial charge in [-0.3, -0.25) is 4.79 Å². The van der Waals surface area contributed by atoms with Crippen LogP contribution in [0.25, 0.3) is 0 Å². The van der Waals surface area contributed by atoms with Gasteiger partial charge >= 0.3 is 6.09 Å². The number of likely N-dealkylation sites (tertiary alicyclic amines) is 1. The molecule has 28 heavy (non-hydrogen) atoms. The Morgan fingerprint density at radius 1 is 1.11 bits per heavy atom. The number of benzene rings is 2. The van der Waals surface area contributed by atoms with E-state index in [1.807, 2.05) is 29.2 Å². The second-order valence-electron chi connectivity index (χ2n) is 7.89. The maximum atomic E-state index is 13.3. The number of nitrogens with one attached hydrogen (secondary N) is 1. The largest absolute Gasteiger partial charge is 0.441 e. The molecule has 1 N–H and O–H groups in total. The Labute approximate surface area is 165 Å². The predicted molar refractivity (Wildman–Crippen MR) is 107 cm³/mol. The highest BCUT2D eigenvalue weighted by molar-refractivity contribution is 5.95. The van der Waals surface area contributed by atoms with Gasteiger partial charge in [-0.15, -0.1) is 0 Å². The van der Waals surface area contributed by atoms with Crippen LogP contribution in [0.2, 0.25) is 0 Å². The fourth-order valence-electron chi connectivity index (χ4n) is 4.13. The molecule has 2 aliphatic rings. The number of aryl methyl sites for hydroxylation is 1. The van der Waals surface area contributed by atoms with Crippen molar-refractivity contribution in [3.63, 3.8) is 0 Å². The maximum absolute atomic E-state index is 13.3. The van der Waals surface area contributed by atoms with Crippen molar-refractivity contribution in [2.75, 3.05) is 19.6 Å². The van der Waals surface area contributed by atoms with Crippen LogP contribution in [-0.2, 0) is 11.2 Å². The molecule has 2 heterocycles. The average Bonchev–Trinajstić information content (AvgIpc) is 2.94. The average molecular weight is 378 g/mol. The highest BCUT2D eigenvalue weighted by atomic mass is 16.6. The molecule has 5 nitrogen and oxygen atoms in total. The van der Waals surface area contributed by atoms with Crippen molar-refractivity contribution in [2.45, 2.75) is 38.2 Å². The molecule has 2 saturated heterocycles. The third-order valence-electron chi connectivity index (χ3n) is 5.81. The van der Waals surface area contributed by atoms with Crippen LogP contribution >= 0.6 is 0 Å². The number of alkyl carbamates (subject to hydrolysis) is 1. The molecule has 0 aromatic heterocycles. The molecule has 2 amide bonds. The maximum Gasteiger partial charge on any atom is 0.407 e. The van der Waals surface area contributed by atoms with E-state index in [1.54, 1.807) is 0 Å². The van der Waals surface area contributed by atoms with Gasteiger partial charge in [0.25, 0.3) is 5.91 Å². The number of nitrogens with zero attached hydrogens (tertiary/aromatic N) is 1.